The van der Waals surface area contributed by atoms with Gasteiger partial charge in [0.05, 0.1) is 10.9 Å². The fourth-order valence-electron chi connectivity index (χ4n) is 3.23. The molecule has 0 spiro atoms. The second kappa shape index (κ2) is 8.73. The number of ether oxygens (including phenoxy) is 1. The Balaban J connectivity index is 1.58. The van der Waals surface area contributed by atoms with E-state index in [1.54, 1.807) is 23.6 Å². The van der Waals surface area contributed by atoms with Crippen molar-refractivity contribution in [1.82, 2.24) is 24.5 Å². The Bertz CT molecular complexity index is 1350. The van der Waals surface area contributed by atoms with Gasteiger partial charge in [-0.15, -0.1) is 5.10 Å². The maximum atomic E-state index is 12.9. The van der Waals surface area contributed by atoms with Crippen LogP contribution < -0.4 is 9.46 Å². The standard InChI is InChI=1S/C20H19Br2N5O3S/c1-3-27-19(12(2)26-31(28,29)18-7-5-14(21)10-16(18)22)24-25-20(27)30-15-6-4-13-8-9-23-17(13)11-15/h4-12,23,26H,3H2,1-2H3/t12-/m1/s1. The molecule has 2 aromatic carbocycles. The molecule has 0 amide bonds. The van der Waals surface area contributed by atoms with Gasteiger partial charge in [-0.25, -0.2) is 13.1 Å². The molecule has 162 valence electrons. The lowest BCUT2D eigenvalue weighted by molar-refractivity contribution is 0.408. The summed E-state index contributed by atoms with van der Waals surface area (Å²) in [6.07, 6.45) is 1.86. The zero-order valence-corrected chi connectivity index (χ0v) is 20.6. The first kappa shape index (κ1) is 22.0. The van der Waals surface area contributed by atoms with Crippen molar-refractivity contribution in [3.63, 3.8) is 0 Å². The van der Waals surface area contributed by atoms with Crippen LogP contribution in [0.3, 0.4) is 0 Å². The summed E-state index contributed by atoms with van der Waals surface area (Å²) in [5, 5.41) is 9.39. The van der Waals surface area contributed by atoms with Gasteiger partial charge >= 0.3 is 6.01 Å². The summed E-state index contributed by atoms with van der Waals surface area (Å²) in [6, 6.07) is 12.2. The van der Waals surface area contributed by atoms with Gasteiger partial charge in [-0.3, -0.25) is 4.57 Å². The minimum Gasteiger partial charge on any atom is -0.424 e. The maximum Gasteiger partial charge on any atom is 0.322 e. The van der Waals surface area contributed by atoms with Crippen LogP contribution in [-0.2, 0) is 16.6 Å². The van der Waals surface area contributed by atoms with E-state index in [-0.39, 0.29) is 4.90 Å². The largest absolute Gasteiger partial charge is 0.424 e. The predicted molar refractivity (Wildman–Crippen MR) is 125 cm³/mol. The molecule has 8 nitrogen and oxygen atoms in total. The van der Waals surface area contributed by atoms with Crippen molar-refractivity contribution < 1.29 is 13.2 Å². The van der Waals surface area contributed by atoms with Crippen molar-refractivity contribution in [2.24, 2.45) is 0 Å². The van der Waals surface area contributed by atoms with Crippen LogP contribution in [0.2, 0.25) is 0 Å². The Morgan fingerprint density at radius 1 is 1.16 bits per heavy atom. The summed E-state index contributed by atoms with van der Waals surface area (Å²) < 4.78 is 37.4. The van der Waals surface area contributed by atoms with Crippen molar-refractivity contribution in [3.05, 3.63) is 63.4 Å². The van der Waals surface area contributed by atoms with Gasteiger partial charge < -0.3 is 9.72 Å². The summed E-state index contributed by atoms with van der Waals surface area (Å²) >= 11 is 6.64. The van der Waals surface area contributed by atoms with Crippen LogP contribution in [0.5, 0.6) is 11.8 Å². The summed E-state index contributed by atoms with van der Waals surface area (Å²) in [7, 11) is -3.79. The van der Waals surface area contributed by atoms with E-state index in [1.807, 2.05) is 37.4 Å². The summed E-state index contributed by atoms with van der Waals surface area (Å²) in [5.74, 6) is 1.06. The Kier molecular flexibility index (Phi) is 6.20. The van der Waals surface area contributed by atoms with Gasteiger partial charge in [0, 0.05) is 33.3 Å². The van der Waals surface area contributed by atoms with Gasteiger partial charge in [0.2, 0.25) is 10.0 Å². The lowest BCUT2D eigenvalue weighted by Crippen LogP contribution is -2.29. The number of aromatic nitrogens is 4. The maximum absolute atomic E-state index is 12.9. The number of benzene rings is 2. The number of rotatable bonds is 7. The molecule has 0 aliphatic carbocycles. The number of hydrogen-bond acceptors (Lipinski definition) is 5. The SMILES string of the molecule is CCn1c(Oc2ccc3cc[nH]c3c2)nnc1[C@@H](C)NS(=O)(=O)c1ccc(Br)cc1Br. The highest BCUT2D eigenvalue weighted by atomic mass is 79.9. The fourth-order valence-corrected chi connectivity index (χ4v) is 6.18. The molecule has 0 aliphatic rings. The molecule has 11 heteroatoms. The topological polar surface area (TPSA) is 102 Å². The van der Waals surface area contributed by atoms with Crippen molar-refractivity contribution >= 4 is 52.8 Å². The van der Waals surface area contributed by atoms with Gasteiger partial charge in [-0.05, 0) is 71.6 Å². The zero-order chi connectivity index (χ0) is 22.2. The number of nitrogens with zero attached hydrogens (tertiary/aromatic N) is 3. The van der Waals surface area contributed by atoms with E-state index in [0.717, 1.165) is 15.4 Å². The van der Waals surface area contributed by atoms with Gasteiger partial charge in [0.25, 0.3) is 0 Å². The van der Waals surface area contributed by atoms with Crippen molar-refractivity contribution in [3.8, 4) is 11.8 Å². The van der Waals surface area contributed by atoms with Gasteiger partial charge in [-0.1, -0.05) is 21.0 Å². The highest BCUT2D eigenvalue weighted by Gasteiger charge is 2.25. The number of nitrogens with one attached hydrogen (secondary N) is 2. The second-order valence-electron chi connectivity index (χ2n) is 6.83. The molecule has 0 bridgehead atoms. The van der Waals surface area contributed by atoms with Gasteiger partial charge in [0.1, 0.15) is 5.75 Å². The van der Waals surface area contributed by atoms with E-state index in [4.69, 9.17) is 4.74 Å². The van der Waals surface area contributed by atoms with E-state index in [2.05, 4.69) is 51.8 Å². The first-order valence-corrected chi connectivity index (χ1v) is 12.5. The molecule has 0 fully saturated rings. The van der Waals surface area contributed by atoms with Crippen LogP contribution in [0, 0.1) is 0 Å². The number of H-pyrrole nitrogens is 1. The van der Waals surface area contributed by atoms with Gasteiger partial charge in [-0.2, -0.15) is 0 Å². The molecule has 2 aromatic heterocycles. The molecule has 0 radical (unpaired) electrons. The summed E-state index contributed by atoms with van der Waals surface area (Å²) in [5.41, 5.74) is 0.946. The van der Waals surface area contributed by atoms with Crippen molar-refractivity contribution in [1.29, 1.82) is 0 Å². The minimum atomic E-state index is -3.79. The Labute approximate surface area is 196 Å². The van der Waals surface area contributed by atoms with Crippen molar-refractivity contribution in [2.45, 2.75) is 31.3 Å². The van der Waals surface area contributed by atoms with Crippen LogP contribution in [0.4, 0.5) is 0 Å². The molecule has 0 unspecified atom stereocenters. The quantitative estimate of drug-likeness (QED) is 0.321. The Morgan fingerprint density at radius 3 is 2.71 bits per heavy atom. The molecule has 0 aliphatic heterocycles. The van der Waals surface area contributed by atoms with Crippen LogP contribution in [0.15, 0.2) is 62.5 Å². The normalized spacial score (nSPS) is 12.9. The number of halogens is 2. The Hall–Kier alpha value is -2.21. The molecule has 2 N–H and O–H groups in total. The van der Waals surface area contributed by atoms with E-state index in [0.29, 0.717) is 28.6 Å². The van der Waals surface area contributed by atoms with Crippen LogP contribution in [0.1, 0.15) is 25.7 Å². The van der Waals surface area contributed by atoms with Crippen LogP contribution >= 0.6 is 31.9 Å². The summed E-state index contributed by atoms with van der Waals surface area (Å²) in [6.45, 7) is 4.14. The molecule has 4 rings (SSSR count). The average Bonchev–Trinajstić information content (AvgIpc) is 3.33. The number of fused-ring (bicyclic) bond motifs is 1. The average molecular weight is 569 g/mol. The van der Waals surface area contributed by atoms with E-state index in [1.165, 1.54) is 6.07 Å². The molecular weight excluding hydrogens is 550 g/mol. The third-order valence-electron chi connectivity index (χ3n) is 4.70. The Morgan fingerprint density at radius 2 is 1.97 bits per heavy atom. The molecular formula is C20H19Br2N5O3S. The van der Waals surface area contributed by atoms with Crippen LogP contribution in [0.25, 0.3) is 10.9 Å². The molecule has 0 saturated carbocycles. The molecule has 4 aromatic rings. The van der Waals surface area contributed by atoms with E-state index in [9.17, 15) is 8.42 Å². The highest BCUT2D eigenvalue weighted by molar-refractivity contribution is 9.11. The molecule has 2 heterocycles. The van der Waals surface area contributed by atoms with Crippen molar-refractivity contribution in [2.75, 3.05) is 0 Å². The number of aromatic amines is 1. The first-order valence-electron chi connectivity index (χ1n) is 9.44. The third kappa shape index (κ3) is 4.54. The predicted octanol–water partition coefficient (Wildman–Crippen LogP) is 5.14. The second-order valence-corrected chi connectivity index (χ2v) is 10.3. The molecule has 31 heavy (non-hydrogen) atoms. The third-order valence-corrected chi connectivity index (χ3v) is 7.71. The molecule has 0 saturated heterocycles. The minimum absolute atomic E-state index is 0.140. The van der Waals surface area contributed by atoms with E-state index >= 15 is 0 Å². The monoisotopic (exact) mass is 567 g/mol. The number of sulfonamides is 1. The smallest absolute Gasteiger partial charge is 0.322 e. The first-order chi connectivity index (χ1) is 14.8. The fraction of sp³-hybridized carbons (Fsp3) is 0.200. The lowest BCUT2D eigenvalue weighted by Gasteiger charge is -2.16. The highest BCUT2D eigenvalue weighted by Crippen LogP contribution is 2.29. The molecule has 1 atom stereocenters. The van der Waals surface area contributed by atoms with Crippen LogP contribution in [-0.4, -0.2) is 28.2 Å². The van der Waals surface area contributed by atoms with E-state index < -0.39 is 16.1 Å². The number of hydrogen-bond donors (Lipinski definition) is 2. The summed E-state index contributed by atoms with van der Waals surface area (Å²) in [4.78, 5) is 3.28. The lowest BCUT2D eigenvalue weighted by atomic mass is 10.2. The zero-order valence-electron chi connectivity index (χ0n) is 16.6. The van der Waals surface area contributed by atoms with Gasteiger partial charge in [0.15, 0.2) is 5.82 Å².